The second-order valence-electron chi connectivity index (χ2n) is 6.27. The zero-order valence-electron chi connectivity index (χ0n) is 15.9. The lowest BCUT2D eigenvalue weighted by atomic mass is 10.2. The van der Waals surface area contributed by atoms with Crippen molar-refractivity contribution < 1.29 is 4.42 Å². The summed E-state index contributed by atoms with van der Waals surface area (Å²) < 4.78 is 7.61. The lowest BCUT2D eigenvalue weighted by Gasteiger charge is -2.16. The molecule has 0 aliphatic rings. The summed E-state index contributed by atoms with van der Waals surface area (Å²) >= 11 is 0. The highest BCUT2D eigenvalue weighted by Crippen LogP contribution is 2.08. The monoisotopic (exact) mass is 460 g/mol. The van der Waals surface area contributed by atoms with Crippen molar-refractivity contribution in [2.45, 2.75) is 47.7 Å². The Labute approximate surface area is 166 Å². The minimum Gasteiger partial charge on any atom is -0.444 e. The number of halogens is 1. The smallest absolute Gasteiger partial charge is 0.214 e. The molecule has 0 saturated carbocycles. The molecular formula is C17H29IN6O. The van der Waals surface area contributed by atoms with Crippen molar-refractivity contribution in [2.24, 2.45) is 10.9 Å². The second kappa shape index (κ2) is 9.79. The number of nitrogens with one attached hydrogen (secondary N) is 2. The van der Waals surface area contributed by atoms with Crippen molar-refractivity contribution in [3.8, 4) is 0 Å². The maximum absolute atomic E-state index is 5.56. The molecule has 0 amide bonds. The minimum atomic E-state index is 0. The zero-order valence-corrected chi connectivity index (χ0v) is 18.2. The number of aryl methyl sites for hydroxylation is 4. The highest BCUT2D eigenvalue weighted by atomic mass is 127. The van der Waals surface area contributed by atoms with Crippen LogP contribution in [0.4, 0.5) is 0 Å². The van der Waals surface area contributed by atoms with E-state index < -0.39 is 0 Å². The summed E-state index contributed by atoms with van der Waals surface area (Å²) in [7, 11) is 1.76. The molecule has 0 radical (unpaired) electrons. The summed E-state index contributed by atoms with van der Waals surface area (Å²) in [5, 5.41) is 11.1. The molecule has 2 rings (SSSR count). The van der Waals surface area contributed by atoms with Crippen molar-refractivity contribution in [2.75, 3.05) is 13.6 Å². The highest BCUT2D eigenvalue weighted by molar-refractivity contribution is 14.0. The van der Waals surface area contributed by atoms with E-state index in [0.29, 0.717) is 18.4 Å². The van der Waals surface area contributed by atoms with Crippen LogP contribution in [0.3, 0.4) is 0 Å². The molecule has 25 heavy (non-hydrogen) atoms. The van der Waals surface area contributed by atoms with Crippen LogP contribution in [0.5, 0.6) is 0 Å². The average molecular weight is 460 g/mol. The van der Waals surface area contributed by atoms with Gasteiger partial charge in [0.15, 0.2) is 5.96 Å². The van der Waals surface area contributed by atoms with E-state index in [9.17, 15) is 0 Å². The van der Waals surface area contributed by atoms with E-state index in [4.69, 9.17) is 4.42 Å². The number of rotatable bonds is 6. The van der Waals surface area contributed by atoms with Crippen LogP contribution in [0.2, 0.25) is 0 Å². The van der Waals surface area contributed by atoms with E-state index in [1.807, 2.05) is 20.8 Å². The van der Waals surface area contributed by atoms with Crippen molar-refractivity contribution in [3.63, 3.8) is 0 Å². The Morgan fingerprint density at radius 1 is 1.28 bits per heavy atom. The molecule has 2 heterocycles. The fourth-order valence-corrected chi connectivity index (χ4v) is 2.49. The van der Waals surface area contributed by atoms with Gasteiger partial charge in [-0.05, 0) is 39.7 Å². The van der Waals surface area contributed by atoms with Gasteiger partial charge in [0.25, 0.3) is 0 Å². The topological polar surface area (TPSA) is 80.3 Å². The first-order valence-electron chi connectivity index (χ1n) is 8.27. The number of hydrogen-bond acceptors (Lipinski definition) is 4. The van der Waals surface area contributed by atoms with Crippen molar-refractivity contribution in [3.05, 3.63) is 34.8 Å². The first-order valence-corrected chi connectivity index (χ1v) is 8.27. The quantitative estimate of drug-likeness (QED) is 0.394. The maximum atomic E-state index is 5.56. The van der Waals surface area contributed by atoms with Gasteiger partial charge in [-0.1, -0.05) is 6.92 Å². The molecule has 2 N–H and O–H groups in total. The largest absolute Gasteiger partial charge is 0.444 e. The van der Waals surface area contributed by atoms with Gasteiger partial charge in [-0.3, -0.25) is 9.67 Å². The van der Waals surface area contributed by atoms with E-state index >= 15 is 0 Å². The summed E-state index contributed by atoms with van der Waals surface area (Å²) in [4.78, 5) is 8.59. The predicted octanol–water partition coefficient (Wildman–Crippen LogP) is 2.72. The lowest BCUT2D eigenvalue weighted by molar-refractivity contribution is 0.433. The number of nitrogens with zero attached hydrogens (tertiary/aromatic N) is 4. The molecule has 1 unspecified atom stereocenters. The van der Waals surface area contributed by atoms with Crippen molar-refractivity contribution >= 4 is 29.9 Å². The third-order valence-electron chi connectivity index (χ3n) is 3.91. The molecule has 0 aliphatic heterocycles. The fraction of sp³-hybridized carbons (Fsp3) is 0.588. The van der Waals surface area contributed by atoms with Crippen LogP contribution in [-0.4, -0.2) is 34.3 Å². The molecule has 0 bridgehead atoms. The molecule has 1 atom stereocenters. The summed E-state index contributed by atoms with van der Waals surface area (Å²) in [5.74, 6) is 2.69. The number of guanidine groups is 1. The maximum Gasteiger partial charge on any atom is 0.214 e. The van der Waals surface area contributed by atoms with Crippen LogP contribution in [0.15, 0.2) is 15.5 Å². The van der Waals surface area contributed by atoms with Crippen molar-refractivity contribution in [1.29, 1.82) is 0 Å². The van der Waals surface area contributed by atoms with Gasteiger partial charge in [0, 0.05) is 25.8 Å². The molecule has 0 fully saturated rings. The molecule has 140 valence electrons. The number of aliphatic imine (C=N–C) groups is 1. The van der Waals surface area contributed by atoms with Gasteiger partial charge >= 0.3 is 0 Å². The zero-order chi connectivity index (χ0) is 17.7. The third kappa shape index (κ3) is 6.33. The Hall–Kier alpha value is -1.58. The third-order valence-corrected chi connectivity index (χ3v) is 3.91. The van der Waals surface area contributed by atoms with Gasteiger partial charge in [0.1, 0.15) is 5.76 Å². The standard InChI is InChI=1S/C17H28N6O.HI/c1-11(10-23-13(3)7-12(2)22-23)8-19-17(18-6)20-9-16-21-14(4)15(5)24-16;/h7,11H,8-10H2,1-6H3,(H2,18,19,20);1H. The molecule has 7 nitrogen and oxygen atoms in total. The summed E-state index contributed by atoms with van der Waals surface area (Å²) in [6.45, 7) is 12.3. The van der Waals surface area contributed by atoms with Crippen LogP contribution in [0, 0.1) is 33.6 Å². The van der Waals surface area contributed by atoms with Crippen LogP contribution in [0.25, 0.3) is 0 Å². The minimum absolute atomic E-state index is 0. The fourth-order valence-electron chi connectivity index (χ4n) is 2.49. The Morgan fingerprint density at radius 3 is 2.52 bits per heavy atom. The van der Waals surface area contributed by atoms with Gasteiger partial charge in [-0.15, -0.1) is 24.0 Å². The Bertz CT molecular complexity index is 687. The second-order valence-corrected chi connectivity index (χ2v) is 6.27. The van der Waals surface area contributed by atoms with Gasteiger partial charge < -0.3 is 15.1 Å². The van der Waals surface area contributed by atoms with Gasteiger partial charge in [0.2, 0.25) is 5.89 Å². The first-order chi connectivity index (χ1) is 11.4. The molecule has 2 aromatic rings. The first kappa shape index (κ1) is 21.5. The lowest BCUT2D eigenvalue weighted by Crippen LogP contribution is -2.39. The van der Waals surface area contributed by atoms with Crippen LogP contribution < -0.4 is 10.6 Å². The van der Waals surface area contributed by atoms with Crippen LogP contribution in [-0.2, 0) is 13.1 Å². The SMILES string of the molecule is CN=C(NCc1nc(C)c(C)o1)NCC(C)Cn1nc(C)cc1C.I. The Balaban J connectivity index is 0.00000312. The summed E-state index contributed by atoms with van der Waals surface area (Å²) in [6, 6.07) is 2.10. The molecule has 0 aliphatic carbocycles. The van der Waals surface area contributed by atoms with E-state index in [2.05, 4.69) is 50.3 Å². The number of aromatic nitrogens is 3. The highest BCUT2D eigenvalue weighted by Gasteiger charge is 2.09. The Morgan fingerprint density at radius 2 is 2.00 bits per heavy atom. The summed E-state index contributed by atoms with van der Waals surface area (Å²) in [5.41, 5.74) is 3.17. The van der Waals surface area contributed by atoms with Gasteiger partial charge in [0.05, 0.1) is 17.9 Å². The number of hydrogen-bond donors (Lipinski definition) is 2. The van der Waals surface area contributed by atoms with E-state index in [0.717, 1.165) is 36.2 Å². The molecule has 2 aromatic heterocycles. The molecule has 0 saturated heterocycles. The molecule has 0 spiro atoms. The number of oxazole rings is 1. The molecular weight excluding hydrogens is 431 g/mol. The van der Waals surface area contributed by atoms with E-state index in [1.165, 1.54) is 5.69 Å². The average Bonchev–Trinajstić information content (AvgIpc) is 3.01. The molecule has 8 heteroatoms. The van der Waals surface area contributed by atoms with E-state index in [-0.39, 0.29) is 24.0 Å². The normalized spacial score (nSPS) is 12.6. The summed E-state index contributed by atoms with van der Waals surface area (Å²) in [6.07, 6.45) is 0. The van der Waals surface area contributed by atoms with Gasteiger partial charge in [-0.25, -0.2) is 4.98 Å². The van der Waals surface area contributed by atoms with Gasteiger partial charge in [-0.2, -0.15) is 5.10 Å². The van der Waals surface area contributed by atoms with Crippen molar-refractivity contribution in [1.82, 2.24) is 25.4 Å². The Kier molecular flexibility index (Phi) is 8.40. The van der Waals surface area contributed by atoms with E-state index in [1.54, 1.807) is 7.05 Å². The predicted molar refractivity (Wildman–Crippen MR) is 110 cm³/mol. The van der Waals surface area contributed by atoms with Crippen LogP contribution >= 0.6 is 24.0 Å². The molecule has 0 aromatic carbocycles. The van der Waals surface area contributed by atoms with Crippen LogP contribution in [0.1, 0.15) is 35.7 Å².